The van der Waals surface area contributed by atoms with E-state index in [4.69, 9.17) is 11.6 Å². The Hall–Kier alpha value is -2.39. The predicted octanol–water partition coefficient (Wildman–Crippen LogP) is 8.68. The van der Waals surface area contributed by atoms with Crippen LogP contribution in [0.1, 0.15) is 45.4 Å². The third-order valence-electron chi connectivity index (χ3n) is 4.85. The number of fused-ring (bicyclic) bond motifs is 1. The monoisotopic (exact) mass is 393 g/mol. The number of unbranched alkanes of at least 4 members (excludes halogenated alkanes) is 5. The van der Waals surface area contributed by atoms with Gasteiger partial charge in [-0.2, -0.15) is 5.11 Å². The topological polar surface area (TPSA) is 36.8 Å². The molecule has 4 heteroatoms. The summed E-state index contributed by atoms with van der Waals surface area (Å²) in [5, 5.41) is 15.4. The highest BCUT2D eigenvalue weighted by molar-refractivity contribution is 6.30. The van der Waals surface area contributed by atoms with Gasteiger partial charge in [-0.3, -0.25) is 0 Å². The van der Waals surface area contributed by atoms with E-state index in [1.165, 1.54) is 43.9 Å². The molecule has 0 aromatic heterocycles. The van der Waals surface area contributed by atoms with Crippen LogP contribution in [-0.4, -0.2) is 6.54 Å². The lowest BCUT2D eigenvalue weighted by molar-refractivity contribution is 0.617. The highest BCUT2D eigenvalue weighted by Gasteiger charge is 2.05. The van der Waals surface area contributed by atoms with Gasteiger partial charge in [-0.15, -0.1) is 5.11 Å². The normalized spacial score (nSPS) is 11.4. The fraction of sp³-hybridized carbons (Fsp3) is 0.333. The van der Waals surface area contributed by atoms with Crippen molar-refractivity contribution in [3.05, 3.63) is 65.7 Å². The molecule has 0 heterocycles. The maximum Gasteiger partial charge on any atom is 0.0936 e. The first-order valence-electron chi connectivity index (χ1n) is 10.2. The molecule has 0 radical (unpaired) electrons. The maximum atomic E-state index is 5.93. The molecule has 3 nitrogen and oxygen atoms in total. The number of azo groups is 1. The van der Waals surface area contributed by atoms with E-state index < -0.39 is 0 Å². The Morgan fingerprint density at radius 3 is 2.25 bits per heavy atom. The summed E-state index contributed by atoms with van der Waals surface area (Å²) in [4.78, 5) is 0. The highest BCUT2D eigenvalue weighted by atomic mass is 35.5. The fourth-order valence-corrected chi connectivity index (χ4v) is 3.40. The molecule has 3 rings (SSSR count). The van der Waals surface area contributed by atoms with E-state index in [0.717, 1.165) is 29.0 Å². The molecule has 146 valence electrons. The van der Waals surface area contributed by atoms with Gasteiger partial charge < -0.3 is 5.32 Å². The van der Waals surface area contributed by atoms with Crippen LogP contribution in [0.5, 0.6) is 0 Å². The zero-order chi connectivity index (χ0) is 19.6. The molecule has 0 atom stereocenters. The number of rotatable bonds is 10. The number of anilines is 1. The van der Waals surface area contributed by atoms with Gasteiger partial charge in [0.25, 0.3) is 0 Å². The molecule has 0 amide bonds. The first-order valence-corrected chi connectivity index (χ1v) is 10.6. The van der Waals surface area contributed by atoms with Crippen molar-refractivity contribution in [1.82, 2.24) is 0 Å². The smallest absolute Gasteiger partial charge is 0.0936 e. The van der Waals surface area contributed by atoms with Crippen LogP contribution in [0.3, 0.4) is 0 Å². The summed E-state index contributed by atoms with van der Waals surface area (Å²) in [6.45, 7) is 3.26. The average Bonchev–Trinajstić information content (AvgIpc) is 2.73. The van der Waals surface area contributed by atoms with Gasteiger partial charge in [0.1, 0.15) is 0 Å². The summed E-state index contributed by atoms with van der Waals surface area (Å²) < 4.78 is 0. The predicted molar refractivity (Wildman–Crippen MR) is 121 cm³/mol. The third-order valence-corrected chi connectivity index (χ3v) is 5.10. The SMILES string of the molecule is CCCCCCCCNc1ccc(N=Nc2ccc(Cl)cc2)c2ccccc12. The molecule has 0 aliphatic heterocycles. The molecule has 0 aliphatic rings. The lowest BCUT2D eigenvalue weighted by atomic mass is 10.1. The zero-order valence-electron chi connectivity index (χ0n) is 16.5. The summed E-state index contributed by atoms with van der Waals surface area (Å²) in [6.07, 6.45) is 7.83. The van der Waals surface area contributed by atoms with Crippen molar-refractivity contribution in [3.8, 4) is 0 Å². The third kappa shape index (κ3) is 5.80. The van der Waals surface area contributed by atoms with Gasteiger partial charge in [0.05, 0.1) is 11.4 Å². The molecule has 0 spiro atoms. The van der Waals surface area contributed by atoms with Crippen molar-refractivity contribution in [2.45, 2.75) is 45.4 Å². The molecule has 0 bridgehead atoms. The maximum absolute atomic E-state index is 5.93. The van der Waals surface area contributed by atoms with Gasteiger partial charge in [-0.05, 0) is 42.8 Å². The Morgan fingerprint density at radius 1 is 0.750 bits per heavy atom. The molecule has 3 aromatic carbocycles. The molecule has 1 N–H and O–H groups in total. The number of benzene rings is 3. The minimum absolute atomic E-state index is 0.699. The second-order valence-corrected chi connectivity index (χ2v) is 7.49. The second kappa shape index (κ2) is 10.8. The highest BCUT2D eigenvalue weighted by Crippen LogP contribution is 2.33. The number of nitrogens with one attached hydrogen (secondary N) is 1. The number of hydrogen-bond donors (Lipinski definition) is 1. The molecule has 0 unspecified atom stereocenters. The Balaban J connectivity index is 1.67. The van der Waals surface area contributed by atoms with Crippen molar-refractivity contribution in [1.29, 1.82) is 0 Å². The lowest BCUT2D eigenvalue weighted by Gasteiger charge is -2.11. The lowest BCUT2D eigenvalue weighted by Crippen LogP contribution is -2.01. The van der Waals surface area contributed by atoms with Crippen LogP contribution >= 0.6 is 11.6 Å². The molecule has 0 saturated heterocycles. The second-order valence-electron chi connectivity index (χ2n) is 7.05. The van der Waals surface area contributed by atoms with E-state index in [9.17, 15) is 0 Å². The summed E-state index contributed by atoms with van der Waals surface area (Å²) in [5.41, 5.74) is 2.82. The van der Waals surface area contributed by atoms with Crippen LogP contribution in [0.4, 0.5) is 17.1 Å². The summed E-state index contributed by atoms with van der Waals surface area (Å²) in [5.74, 6) is 0. The van der Waals surface area contributed by atoms with E-state index in [1.54, 1.807) is 0 Å². The van der Waals surface area contributed by atoms with Crippen molar-refractivity contribution in [3.63, 3.8) is 0 Å². The number of halogens is 1. The van der Waals surface area contributed by atoms with Crippen LogP contribution in [0, 0.1) is 0 Å². The first-order chi connectivity index (χ1) is 13.8. The van der Waals surface area contributed by atoms with Gasteiger partial charge in [-0.25, -0.2) is 0 Å². The van der Waals surface area contributed by atoms with E-state index in [1.807, 2.05) is 36.4 Å². The van der Waals surface area contributed by atoms with Crippen LogP contribution in [0.2, 0.25) is 5.02 Å². The Kier molecular flexibility index (Phi) is 7.86. The van der Waals surface area contributed by atoms with Crippen LogP contribution in [0.25, 0.3) is 10.8 Å². The van der Waals surface area contributed by atoms with Crippen molar-refractivity contribution in [2.75, 3.05) is 11.9 Å². The van der Waals surface area contributed by atoms with Crippen LogP contribution < -0.4 is 5.32 Å². The Bertz CT molecular complexity index is 903. The van der Waals surface area contributed by atoms with E-state index in [0.29, 0.717) is 5.02 Å². The van der Waals surface area contributed by atoms with Crippen LogP contribution in [-0.2, 0) is 0 Å². The van der Waals surface area contributed by atoms with Crippen molar-refractivity contribution in [2.24, 2.45) is 10.2 Å². The van der Waals surface area contributed by atoms with Crippen molar-refractivity contribution < 1.29 is 0 Å². The standard InChI is InChI=1S/C24H28ClN3/c1-2-3-4-5-6-9-18-26-23-16-17-24(22-11-8-7-10-21(22)23)28-27-20-14-12-19(25)13-15-20/h7-8,10-17,26H,2-6,9,18H2,1H3. The summed E-state index contributed by atoms with van der Waals surface area (Å²) in [6, 6.07) is 19.9. The average molecular weight is 394 g/mol. The minimum Gasteiger partial charge on any atom is -0.385 e. The molecule has 0 fully saturated rings. The molecule has 28 heavy (non-hydrogen) atoms. The van der Waals surface area contributed by atoms with Crippen LogP contribution in [0.15, 0.2) is 70.9 Å². The van der Waals surface area contributed by atoms with Gasteiger partial charge in [0.15, 0.2) is 0 Å². The largest absolute Gasteiger partial charge is 0.385 e. The zero-order valence-corrected chi connectivity index (χ0v) is 17.3. The summed E-state index contributed by atoms with van der Waals surface area (Å²) in [7, 11) is 0. The first kappa shape index (κ1) is 20.3. The molecule has 0 saturated carbocycles. The Labute approximate surface area is 172 Å². The minimum atomic E-state index is 0.699. The van der Waals surface area contributed by atoms with Gasteiger partial charge in [0, 0.05) is 28.0 Å². The Morgan fingerprint density at radius 2 is 1.46 bits per heavy atom. The van der Waals surface area contributed by atoms with E-state index in [2.05, 4.69) is 46.7 Å². The summed E-state index contributed by atoms with van der Waals surface area (Å²) >= 11 is 5.93. The quantitative estimate of drug-likeness (QED) is 0.271. The van der Waals surface area contributed by atoms with Gasteiger partial charge >= 0.3 is 0 Å². The molecular formula is C24H28ClN3. The van der Waals surface area contributed by atoms with E-state index in [-0.39, 0.29) is 0 Å². The van der Waals surface area contributed by atoms with Gasteiger partial charge in [-0.1, -0.05) is 74.9 Å². The number of nitrogens with zero attached hydrogens (tertiary/aromatic N) is 2. The fourth-order valence-electron chi connectivity index (χ4n) is 3.27. The molecular weight excluding hydrogens is 366 g/mol. The van der Waals surface area contributed by atoms with Gasteiger partial charge in [0.2, 0.25) is 0 Å². The number of hydrogen-bond acceptors (Lipinski definition) is 3. The van der Waals surface area contributed by atoms with E-state index >= 15 is 0 Å². The molecule has 0 aliphatic carbocycles. The van der Waals surface area contributed by atoms with Crippen molar-refractivity contribution >= 4 is 39.4 Å². The molecule has 3 aromatic rings.